The van der Waals surface area contributed by atoms with E-state index < -0.39 is 0 Å². The molecule has 2 atom stereocenters. The van der Waals surface area contributed by atoms with E-state index in [9.17, 15) is 5.11 Å². The molecule has 3 nitrogen and oxygen atoms in total. The van der Waals surface area contributed by atoms with Crippen LogP contribution in [0.25, 0.3) is 0 Å². The van der Waals surface area contributed by atoms with Crippen LogP contribution < -0.4 is 5.48 Å². The highest BCUT2D eigenvalue weighted by atomic mass is 16.7. The number of hydroxylamine groups is 1. The lowest BCUT2D eigenvalue weighted by Gasteiger charge is -2.21. The van der Waals surface area contributed by atoms with Gasteiger partial charge in [0.15, 0.2) is 0 Å². The molecule has 0 aromatic rings. The first-order valence-electron chi connectivity index (χ1n) is 6.00. The van der Waals surface area contributed by atoms with Crippen molar-refractivity contribution in [1.82, 2.24) is 5.48 Å². The number of nitrogens with one attached hydrogen (secondary N) is 1. The van der Waals surface area contributed by atoms with Crippen LogP contribution in [0, 0.1) is 5.92 Å². The number of hydrogen-bond donors (Lipinski definition) is 2. The maximum atomic E-state index is 9.67. The third-order valence-electron chi connectivity index (χ3n) is 2.65. The van der Waals surface area contributed by atoms with Gasteiger partial charge in [0, 0.05) is 12.3 Å². The molecule has 0 aromatic carbocycles. The summed E-state index contributed by atoms with van der Waals surface area (Å²) in [4.78, 5) is 5.26. The molecule has 16 heavy (non-hydrogen) atoms. The van der Waals surface area contributed by atoms with Gasteiger partial charge in [-0.25, -0.2) is 0 Å². The van der Waals surface area contributed by atoms with E-state index in [0.29, 0.717) is 5.76 Å². The Morgan fingerprint density at radius 1 is 1.50 bits per heavy atom. The lowest BCUT2D eigenvalue weighted by Crippen LogP contribution is -2.31. The minimum Gasteiger partial charge on any atom is -0.512 e. The predicted molar refractivity (Wildman–Crippen MR) is 65.7 cm³/mol. The van der Waals surface area contributed by atoms with Crippen molar-refractivity contribution in [2.45, 2.75) is 39.7 Å². The minimum absolute atomic E-state index is 0.103. The smallest absolute Gasteiger partial charge is 0.121 e. The zero-order chi connectivity index (χ0) is 12.0. The van der Waals surface area contributed by atoms with Gasteiger partial charge in [-0.15, -0.1) is 5.48 Å². The third kappa shape index (κ3) is 2.89. The summed E-state index contributed by atoms with van der Waals surface area (Å²) in [5, 5.41) is 9.67. The minimum atomic E-state index is 0.103. The largest absolute Gasteiger partial charge is 0.512 e. The Kier molecular flexibility index (Phi) is 5.12. The standard InChI is InChI=1S/C11H15NO2.C2H6/c1-2-8-7-10(12-14-8)9-5-3-4-6-11(9)13;1-2/h3-4,6-7,9-10,12-13H,2,5H2,1H3;1-2H3. The van der Waals surface area contributed by atoms with Crippen LogP contribution in [-0.2, 0) is 4.84 Å². The van der Waals surface area contributed by atoms with E-state index in [4.69, 9.17) is 4.84 Å². The molecule has 0 aromatic heterocycles. The van der Waals surface area contributed by atoms with E-state index in [1.807, 2.05) is 32.9 Å². The Labute approximate surface area is 97.5 Å². The van der Waals surface area contributed by atoms with E-state index in [1.165, 1.54) is 0 Å². The summed E-state index contributed by atoms with van der Waals surface area (Å²) in [5.74, 6) is 1.50. The second kappa shape index (κ2) is 6.38. The fourth-order valence-electron chi connectivity index (χ4n) is 1.77. The predicted octanol–water partition coefficient (Wildman–Crippen LogP) is 3.23. The molecule has 0 saturated carbocycles. The van der Waals surface area contributed by atoms with E-state index >= 15 is 0 Å². The summed E-state index contributed by atoms with van der Waals surface area (Å²) in [5.41, 5.74) is 2.93. The average Bonchev–Trinajstić information content (AvgIpc) is 2.81. The third-order valence-corrected chi connectivity index (χ3v) is 2.65. The van der Waals surface area contributed by atoms with E-state index in [-0.39, 0.29) is 12.0 Å². The van der Waals surface area contributed by atoms with Crippen LogP contribution in [0.15, 0.2) is 35.8 Å². The zero-order valence-corrected chi connectivity index (χ0v) is 10.2. The van der Waals surface area contributed by atoms with Crippen molar-refractivity contribution in [2.75, 3.05) is 0 Å². The Bertz CT molecular complexity index is 305. The molecule has 0 bridgehead atoms. The number of aliphatic hydroxyl groups excluding tert-OH is 1. The molecular weight excluding hydrogens is 202 g/mol. The first-order valence-corrected chi connectivity index (χ1v) is 6.00. The summed E-state index contributed by atoms with van der Waals surface area (Å²) in [6.07, 6.45) is 9.48. The van der Waals surface area contributed by atoms with Gasteiger partial charge in [0.1, 0.15) is 5.76 Å². The van der Waals surface area contributed by atoms with Crippen molar-refractivity contribution in [1.29, 1.82) is 0 Å². The normalized spacial score (nSPS) is 27.4. The van der Waals surface area contributed by atoms with Gasteiger partial charge >= 0.3 is 0 Å². The van der Waals surface area contributed by atoms with Crippen LogP contribution in [0.1, 0.15) is 33.6 Å². The molecule has 2 aliphatic rings. The second-order valence-electron chi connectivity index (χ2n) is 3.59. The molecule has 2 unspecified atom stereocenters. The average molecular weight is 223 g/mol. The van der Waals surface area contributed by atoms with Crippen molar-refractivity contribution < 1.29 is 9.94 Å². The number of rotatable bonds is 2. The Hall–Kier alpha value is -1.22. The summed E-state index contributed by atoms with van der Waals surface area (Å²) >= 11 is 0. The van der Waals surface area contributed by atoms with Gasteiger partial charge in [-0.05, 0) is 18.6 Å². The maximum absolute atomic E-state index is 9.67. The van der Waals surface area contributed by atoms with E-state index in [2.05, 4.69) is 11.6 Å². The van der Waals surface area contributed by atoms with Crippen LogP contribution in [-0.4, -0.2) is 11.1 Å². The number of hydrogen-bond acceptors (Lipinski definition) is 3. The number of aliphatic hydroxyl groups is 1. The number of allylic oxidation sites excluding steroid dienone is 4. The second-order valence-corrected chi connectivity index (χ2v) is 3.59. The van der Waals surface area contributed by atoms with Gasteiger partial charge in [-0.1, -0.05) is 32.9 Å². The topological polar surface area (TPSA) is 41.5 Å². The van der Waals surface area contributed by atoms with Crippen molar-refractivity contribution in [3.05, 3.63) is 35.8 Å². The van der Waals surface area contributed by atoms with E-state index in [1.54, 1.807) is 6.08 Å². The maximum Gasteiger partial charge on any atom is 0.121 e. The van der Waals surface area contributed by atoms with Gasteiger partial charge < -0.3 is 9.94 Å². The molecule has 1 heterocycles. The van der Waals surface area contributed by atoms with Crippen LogP contribution >= 0.6 is 0 Å². The fraction of sp³-hybridized carbons (Fsp3) is 0.538. The van der Waals surface area contributed by atoms with Crippen LogP contribution in [0.3, 0.4) is 0 Å². The fourth-order valence-corrected chi connectivity index (χ4v) is 1.77. The molecule has 0 radical (unpaired) electrons. The van der Waals surface area contributed by atoms with E-state index in [0.717, 1.165) is 18.6 Å². The first kappa shape index (κ1) is 12.8. The summed E-state index contributed by atoms with van der Waals surface area (Å²) in [6, 6.07) is 0.103. The summed E-state index contributed by atoms with van der Waals surface area (Å²) < 4.78 is 0. The Morgan fingerprint density at radius 2 is 2.25 bits per heavy atom. The molecular formula is C13H21NO2. The molecule has 2 rings (SSSR count). The molecule has 1 aliphatic carbocycles. The highest BCUT2D eigenvalue weighted by molar-refractivity contribution is 5.21. The van der Waals surface area contributed by atoms with Crippen molar-refractivity contribution >= 4 is 0 Å². The van der Waals surface area contributed by atoms with Crippen molar-refractivity contribution in [3.8, 4) is 0 Å². The molecule has 2 N–H and O–H groups in total. The monoisotopic (exact) mass is 223 g/mol. The SMILES string of the molecule is CC.CCC1=CC(C2CC=CC=C2O)NO1. The van der Waals surface area contributed by atoms with Gasteiger partial charge in [0.25, 0.3) is 0 Å². The highest BCUT2D eigenvalue weighted by Crippen LogP contribution is 2.26. The molecule has 90 valence electrons. The van der Waals surface area contributed by atoms with Crippen molar-refractivity contribution in [3.63, 3.8) is 0 Å². The summed E-state index contributed by atoms with van der Waals surface area (Å²) in [6.45, 7) is 6.05. The van der Waals surface area contributed by atoms with Gasteiger partial charge in [0.05, 0.1) is 11.8 Å². The van der Waals surface area contributed by atoms with Gasteiger partial charge in [-0.3, -0.25) is 0 Å². The molecule has 1 aliphatic heterocycles. The van der Waals surface area contributed by atoms with Gasteiger partial charge in [0.2, 0.25) is 0 Å². The van der Waals surface area contributed by atoms with Gasteiger partial charge in [-0.2, -0.15) is 0 Å². The highest BCUT2D eigenvalue weighted by Gasteiger charge is 2.28. The lowest BCUT2D eigenvalue weighted by atomic mass is 9.91. The Balaban J connectivity index is 0.000000606. The lowest BCUT2D eigenvalue weighted by molar-refractivity contribution is 0.0937. The van der Waals surface area contributed by atoms with Crippen LogP contribution in [0.5, 0.6) is 0 Å². The molecule has 0 saturated heterocycles. The zero-order valence-electron chi connectivity index (χ0n) is 10.2. The summed E-state index contributed by atoms with van der Waals surface area (Å²) in [7, 11) is 0. The Morgan fingerprint density at radius 3 is 2.81 bits per heavy atom. The molecule has 0 spiro atoms. The molecule has 0 amide bonds. The van der Waals surface area contributed by atoms with Crippen LogP contribution in [0.2, 0.25) is 0 Å². The molecule has 0 fully saturated rings. The quantitative estimate of drug-likeness (QED) is 0.755. The van der Waals surface area contributed by atoms with Crippen LogP contribution in [0.4, 0.5) is 0 Å². The van der Waals surface area contributed by atoms with Crippen molar-refractivity contribution in [2.24, 2.45) is 5.92 Å². The first-order chi connectivity index (χ1) is 7.81. The molecule has 3 heteroatoms.